The zero-order valence-electron chi connectivity index (χ0n) is 14.5. The van der Waals surface area contributed by atoms with Gasteiger partial charge in [0.1, 0.15) is 6.33 Å². The summed E-state index contributed by atoms with van der Waals surface area (Å²) in [5.74, 6) is 0.754. The Labute approximate surface area is 145 Å². The SMILES string of the molecule is CC(c1cccc(-c2n[nH]c3ccc(-c4ncn[nH]4)cc23)c1)N(C)C. The first kappa shape index (κ1) is 15.5. The molecule has 0 spiro atoms. The van der Waals surface area contributed by atoms with Gasteiger partial charge >= 0.3 is 0 Å². The monoisotopic (exact) mass is 332 g/mol. The number of H-pyrrole nitrogens is 2. The zero-order valence-corrected chi connectivity index (χ0v) is 14.5. The van der Waals surface area contributed by atoms with Crippen molar-refractivity contribution in [3.05, 3.63) is 54.4 Å². The van der Waals surface area contributed by atoms with E-state index in [0.29, 0.717) is 6.04 Å². The summed E-state index contributed by atoms with van der Waals surface area (Å²) in [5, 5.41) is 15.6. The fourth-order valence-electron chi connectivity index (χ4n) is 2.97. The van der Waals surface area contributed by atoms with Crippen LogP contribution in [0.1, 0.15) is 18.5 Å². The number of nitrogens with one attached hydrogen (secondary N) is 2. The Balaban J connectivity index is 1.82. The second-order valence-corrected chi connectivity index (χ2v) is 6.43. The molecule has 0 amide bonds. The van der Waals surface area contributed by atoms with Gasteiger partial charge in [0.15, 0.2) is 5.82 Å². The van der Waals surface area contributed by atoms with E-state index >= 15 is 0 Å². The number of hydrogen-bond acceptors (Lipinski definition) is 4. The van der Waals surface area contributed by atoms with Crippen molar-refractivity contribution in [2.75, 3.05) is 14.1 Å². The highest BCUT2D eigenvalue weighted by Gasteiger charge is 2.13. The molecule has 4 aromatic rings. The van der Waals surface area contributed by atoms with Gasteiger partial charge in [0.2, 0.25) is 0 Å². The van der Waals surface area contributed by atoms with Crippen molar-refractivity contribution >= 4 is 10.9 Å². The van der Waals surface area contributed by atoms with Crippen molar-refractivity contribution in [2.24, 2.45) is 0 Å². The van der Waals surface area contributed by atoms with Crippen molar-refractivity contribution in [3.8, 4) is 22.6 Å². The second-order valence-electron chi connectivity index (χ2n) is 6.43. The zero-order chi connectivity index (χ0) is 17.4. The Hall–Kier alpha value is -2.99. The summed E-state index contributed by atoms with van der Waals surface area (Å²) in [6.07, 6.45) is 1.52. The highest BCUT2D eigenvalue weighted by molar-refractivity contribution is 5.95. The van der Waals surface area contributed by atoms with E-state index in [1.165, 1.54) is 11.9 Å². The summed E-state index contributed by atoms with van der Waals surface area (Å²) in [6.45, 7) is 2.20. The van der Waals surface area contributed by atoms with Crippen LogP contribution in [0.15, 0.2) is 48.8 Å². The van der Waals surface area contributed by atoms with Gasteiger partial charge in [-0.2, -0.15) is 10.2 Å². The smallest absolute Gasteiger partial charge is 0.155 e. The number of rotatable bonds is 4. The molecule has 2 heterocycles. The number of nitrogens with zero attached hydrogens (tertiary/aromatic N) is 4. The molecular weight excluding hydrogens is 312 g/mol. The van der Waals surface area contributed by atoms with Gasteiger partial charge in [-0.15, -0.1) is 0 Å². The summed E-state index contributed by atoms with van der Waals surface area (Å²) >= 11 is 0. The summed E-state index contributed by atoms with van der Waals surface area (Å²) in [4.78, 5) is 6.43. The maximum absolute atomic E-state index is 4.55. The van der Waals surface area contributed by atoms with Crippen LogP contribution in [-0.4, -0.2) is 44.4 Å². The number of aromatic amines is 2. The van der Waals surface area contributed by atoms with E-state index in [1.807, 2.05) is 12.1 Å². The van der Waals surface area contributed by atoms with Gasteiger partial charge < -0.3 is 4.90 Å². The van der Waals surface area contributed by atoms with E-state index in [9.17, 15) is 0 Å². The highest BCUT2D eigenvalue weighted by atomic mass is 15.2. The topological polar surface area (TPSA) is 73.5 Å². The first-order valence-electron chi connectivity index (χ1n) is 8.24. The van der Waals surface area contributed by atoms with Crippen molar-refractivity contribution in [3.63, 3.8) is 0 Å². The minimum Gasteiger partial charge on any atom is -0.303 e. The molecule has 0 saturated heterocycles. The lowest BCUT2D eigenvalue weighted by atomic mass is 10.0. The van der Waals surface area contributed by atoms with Crippen molar-refractivity contribution in [2.45, 2.75) is 13.0 Å². The summed E-state index contributed by atoms with van der Waals surface area (Å²) in [7, 11) is 4.18. The number of hydrogen-bond donors (Lipinski definition) is 2. The molecule has 6 heteroatoms. The van der Waals surface area contributed by atoms with Crippen molar-refractivity contribution < 1.29 is 0 Å². The van der Waals surface area contributed by atoms with Gasteiger partial charge in [0.05, 0.1) is 11.2 Å². The highest BCUT2D eigenvalue weighted by Crippen LogP contribution is 2.31. The molecule has 6 nitrogen and oxygen atoms in total. The lowest BCUT2D eigenvalue weighted by Crippen LogP contribution is -2.16. The quantitative estimate of drug-likeness (QED) is 0.598. The number of fused-ring (bicyclic) bond motifs is 1. The summed E-state index contributed by atoms with van der Waals surface area (Å²) < 4.78 is 0. The standard InChI is InChI=1S/C19H20N6/c1-12(25(2)3)13-5-4-6-14(9-13)18-16-10-15(19-20-11-21-24-19)7-8-17(16)22-23-18/h4-12H,1-3H3,(H,22,23)(H,20,21,24). The Bertz CT molecular complexity index is 1000. The van der Waals surface area contributed by atoms with Crippen LogP contribution in [0.4, 0.5) is 0 Å². The largest absolute Gasteiger partial charge is 0.303 e. The first-order valence-corrected chi connectivity index (χ1v) is 8.24. The molecule has 0 fully saturated rings. The van der Waals surface area contributed by atoms with Crippen LogP contribution in [0, 0.1) is 0 Å². The lowest BCUT2D eigenvalue weighted by Gasteiger charge is -2.20. The van der Waals surface area contributed by atoms with Gasteiger partial charge in [-0.1, -0.05) is 18.2 Å². The molecule has 25 heavy (non-hydrogen) atoms. The predicted octanol–water partition coefficient (Wildman–Crippen LogP) is 3.64. The average molecular weight is 332 g/mol. The van der Waals surface area contributed by atoms with Crippen molar-refractivity contribution in [1.29, 1.82) is 0 Å². The molecule has 0 aliphatic heterocycles. The predicted molar refractivity (Wildman–Crippen MR) is 99.0 cm³/mol. The minimum absolute atomic E-state index is 0.343. The number of aromatic nitrogens is 5. The maximum atomic E-state index is 4.55. The van der Waals surface area contributed by atoms with E-state index in [2.05, 4.69) is 81.6 Å². The average Bonchev–Trinajstić information content (AvgIpc) is 3.30. The third-order valence-electron chi connectivity index (χ3n) is 4.67. The van der Waals surface area contributed by atoms with Gasteiger partial charge in [-0.25, -0.2) is 4.98 Å². The first-order chi connectivity index (χ1) is 12.1. The Morgan fingerprint density at radius 2 is 1.88 bits per heavy atom. The molecule has 0 aliphatic rings. The van der Waals surface area contributed by atoms with Gasteiger partial charge in [0.25, 0.3) is 0 Å². The van der Waals surface area contributed by atoms with Gasteiger partial charge in [-0.05, 0) is 50.8 Å². The van der Waals surface area contributed by atoms with E-state index in [0.717, 1.165) is 33.5 Å². The van der Waals surface area contributed by atoms with E-state index in [4.69, 9.17) is 0 Å². The van der Waals surface area contributed by atoms with E-state index in [1.54, 1.807) is 0 Å². The van der Waals surface area contributed by atoms with Gasteiger partial charge in [-0.3, -0.25) is 10.2 Å². The Morgan fingerprint density at radius 1 is 1.00 bits per heavy atom. The second kappa shape index (κ2) is 6.14. The summed E-state index contributed by atoms with van der Waals surface area (Å²) in [5.41, 5.74) is 5.32. The molecule has 2 aromatic heterocycles. The van der Waals surface area contributed by atoms with Crippen molar-refractivity contribution in [1.82, 2.24) is 30.3 Å². The molecule has 0 bridgehead atoms. The third-order valence-corrected chi connectivity index (χ3v) is 4.67. The Kier molecular flexibility index (Phi) is 3.82. The molecular formula is C19H20N6. The molecule has 1 unspecified atom stereocenters. The molecule has 126 valence electrons. The lowest BCUT2D eigenvalue weighted by molar-refractivity contribution is 0.321. The normalized spacial score (nSPS) is 12.8. The van der Waals surface area contributed by atoms with Crippen LogP contribution >= 0.6 is 0 Å². The van der Waals surface area contributed by atoms with Crippen LogP contribution in [0.5, 0.6) is 0 Å². The van der Waals surface area contributed by atoms with Crippen LogP contribution in [0.3, 0.4) is 0 Å². The Morgan fingerprint density at radius 3 is 2.64 bits per heavy atom. The molecule has 2 N–H and O–H groups in total. The van der Waals surface area contributed by atoms with Crippen LogP contribution in [0.2, 0.25) is 0 Å². The van der Waals surface area contributed by atoms with E-state index < -0.39 is 0 Å². The minimum atomic E-state index is 0.343. The van der Waals surface area contributed by atoms with E-state index in [-0.39, 0.29) is 0 Å². The molecule has 0 aliphatic carbocycles. The summed E-state index contributed by atoms with van der Waals surface area (Å²) in [6, 6.07) is 15.0. The molecule has 0 saturated carbocycles. The van der Waals surface area contributed by atoms with Crippen LogP contribution in [-0.2, 0) is 0 Å². The van der Waals surface area contributed by atoms with Crippen LogP contribution in [0.25, 0.3) is 33.5 Å². The fourth-order valence-corrected chi connectivity index (χ4v) is 2.97. The van der Waals surface area contributed by atoms with Crippen LogP contribution < -0.4 is 0 Å². The molecule has 1 atom stereocenters. The third kappa shape index (κ3) is 2.81. The molecule has 2 aromatic carbocycles. The number of benzene rings is 2. The fraction of sp³-hybridized carbons (Fsp3) is 0.211. The molecule has 0 radical (unpaired) electrons. The van der Waals surface area contributed by atoms with Gasteiger partial charge in [0, 0.05) is 22.6 Å². The molecule has 4 rings (SSSR count). The maximum Gasteiger partial charge on any atom is 0.155 e.